The van der Waals surface area contributed by atoms with Crippen molar-refractivity contribution in [2.24, 2.45) is 0 Å². The molecule has 3 N–H and O–H groups in total. The number of oxazole rings is 1. The van der Waals surface area contributed by atoms with E-state index in [1.165, 1.54) is 6.26 Å². The normalized spacial score (nSPS) is 19.5. The molecule has 0 aliphatic carbocycles. The molecule has 0 radical (unpaired) electrons. The molecular formula is C21H30ClN7O3S. The van der Waals surface area contributed by atoms with E-state index in [1.54, 1.807) is 6.07 Å². The number of aromatic nitrogens is 1. The molecule has 3 heterocycles. The van der Waals surface area contributed by atoms with Gasteiger partial charge >= 0.3 is 0 Å². The van der Waals surface area contributed by atoms with Gasteiger partial charge in [0.2, 0.25) is 0 Å². The van der Waals surface area contributed by atoms with E-state index < -0.39 is 17.3 Å². The van der Waals surface area contributed by atoms with Crippen LogP contribution < -0.4 is 16.0 Å². The summed E-state index contributed by atoms with van der Waals surface area (Å²) in [4.78, 5) is 23.1. The van der Waals surface area contributed by atoms with Gasteiger partial charge in [-0.25, -0.2) is 0 Å². The molecule has 4 rings (SSSR count). The second-order valence-corrected chi connectivity index (χ2v) is 10.3. The minimum Gasteiger partial charge on any atom is -0.598 e. The fourth-order valence-corrected chi connectivity index (χ4v) is 5.35. The monoisotopic (exact) mass is 495 g/mol. The highest BCUT2D eigenvalue weighted by atomic mass is 35.5. The molecular weight excluding hydrogens is 466 g/mol. The quantitative estimate of drug-likeness (QED) is 0.546. The molecule has 33 heavy (non-hydrogen) atoms. The van der Waals surface area contributed by atoms with Crippen LogP contribution >= 0.6 is 11.6 Å². The van der Waals surface area contributed by atoms with Crippen molar-refractivity contribution in [1.29, 1.82) is 0 Å². The molecule has 1 unspecified atom stereocenters. The Kier molecular flexibility index (Phi) is 7.99. The average molecular weight is 496 g/mol. The number of nitrogens with one attached hydrogen (secondary N) is 1. The third-order valence-corrected chi connectivity index (χ3v) is 7.83. The standard InChI is InChI=1S/C21H30ClN7O3S/c1-26-4-6-27(7-5-26)12-13-33(31)29-10-8-28(9-11-29)16-2-3-17(22)18(14-16)24-20(30)19-15-32-21(23)25-19/h2-3,14-15H,4-13H2,1H3,(H2,23,25)(H,24,30). The molecule has 1 atom stereocenters. The van der Waals surface area contributed by atoms with E-state index >= 15 is 0 Å². The zero-order valence-corrected chi connectivity index (χ0v) is 20.3. The lowest BCUT2D eigenvalue weighted by molar-refractivity contribution is 0.102. The molecule has 2 aromatic rings. The lowest BCUT2D eigenvalue weighted by Gasteiger charge is -2.37. The first-order valence-corrected chi connectivity index (χ1v) is 12.7. The van der Waals surface area contributed by atoms with E-state index in [0.29, 0.717) is 16.5 Å². The van der Waals surface area contributed by atoms with Gasteiger partial charge in [0.15, 0.2) is 5.69 Å². The fraction of sp³-hybridized carbons (Fsp3) is 0.524. The van der Waals surface area contributed by atoms with Crippen molar-refractivity contribution in [3.8, 4) is 0 Å². The van der Waals surface area contributed by atoms with Gasteiger partial charge in [0.05, 0.1) is 23.8 Å². The van der Waals surface area contributed by atoms with E-state index in [9.17, 15) is 9.35 Å². The number of hydrogen-bond donors (Lipinski definition) is 2. The summed E-state index contributed by atoms with van der Waals surface area (Å²) in [7, 11) is 2.14. The first-order valence-electron chi connectivity index (χ1n) is 11.0. The Morgan fingerprint density at radius 2 is 1.94 bits per heavy atom. The number of carbonyl (C=O) groups is 1. The number of benzene rings is 1. The number of anilines is 3. The van der Waals surface area contributed by atoms with Gasteiger partial charge in [0.25, 0.3) is 11.9 Å². The molecule has 1 aromatic carbocycles. The Balaban J connectivity index is 1.28. The van der Waals surface area contributed by atoms with Gasteiger partial charge < -0.3 is 29.8 Å². The molecule has 12 heteroatoms. The lowest BCUT2D eigenvalue weighted by Crippen LogP contribution is -2.51. The lowest BCUT2D eigenvalue weighted by atomic mass is 10.2. The van der Waals surface area contributed by atoms with Crippen molar-refractivity contribution in [2.75, 3.05) is 87.7 Å². The molecule has 2 saturated heterocycles. The van der Waals surface area contributed by atoms with E-state index in [-0.39, 0.29) is 11.7 Å². The molecule has 1 amide bonds. The molecule has 10 nitrogen and oxygen atoms in total. The predicted molar refractivity (Wildman–Crippen MR) is 131 cm³/mol. The highest BCUT2D eigenvalue weighted by Gasteiger charge is 2.27. The number of rotatable bonds is 7. The maximum absolute atomic E-state index is 12.8. The van der Waals surface area contributed by atoms with E-state index in [0.717, 1.165) is 64.6 Å². The van der Waals surface area contributed by atoms with Crippen molar-refractivity contribution < 1.29 is 13.8 Å². The number of nitrogens with two attached hydrogens (primary N) is 1. The third-order valence-electron chi connectivity index (χ3n) is 6.02. The van der Waals surface area contributed by atoms with E-state index in [4.69, 9.17) is 21.8 Å². The van der Waals surface area contributed by atoms with Crippen molar-refractivity contribution in [1.82, 2.24) is 19.1 Å². The summed E-state index contributed by atoms with van der Waals surface area (Å²) in [6.45, 7) is 8.03. The molecule has 0 spiro atoms. The van der Waals surface area contributed by atoms with Crippen molar-refractivity contribution in [2.45, 2.75) is 0 Å². The summed E-state index contributed by atoms with van der Waals surface area (Å²) in [5.41, 5.74) is 6.95. The summed E-state index contributed by atoms with van der Waals surface area (Å²) in [5.74, 6) is 0.225. The maximum atomic E-state index is 12.8. The molecule has 2 aliphatic rings. The van der Waals surface area contributed by atoms with Crippen LogP contribution in [0.15, 0.2) is 28.9 Å². The number of piperazine rings is 2. The fourth-order valence-electron chi connectivity index (χ4n) is 3.94. The zero-order valence-electron chi connectivity index (χ0n) is 18.7. The Labute approximate surface area is 201 Å². The first kappa shape index (κ1) is 24.1. The Bertz CT molecular complexity index is 946. The minimum absolute atomic E-state index is 0.0706. The minimum atomic E-state index is -0.976. The predicted octanol–water partition coefficient (Wildman–Crippen LogP) is 1.20. The average Bonchev–Trinajstić information content (AvgIpc) is 3.26. The van der Waals surface area contributed by atoms with Crippen LogP contribution in [0, 0.1) is 0 Å². The highest BCUT2D eigenvalue weighted by Crippen LogP contribution is 2.29. The molecule has 2 fully saturated rings. The van der Waals surface area contributed by atoms with Crippen LogP contribution in [0.4, 0.5) is 17.4 Å². The molecule has 2 aliphatic heterocycles. The largest absolute Gasteiger partial charge is 0.598 e. The van der Waals surface area contributed by atoms with Crippen LogP contribution in [0.5, 0.6) is 0 Å². The van der Waals surface area contributed by atoms with Gasteiger partial charge in [0, 0.05) is 62.9 Å². The summed E-state index contributed by atoms with van der Waals surface area (Å²) in [6.07, 6.45) is 1.20. The van der Waals surface area contributed by atoms with Crippen molar-refractivity contribution in [3.05, 3.63) is 35.2 Å². The summed E-state index contributed by atoms with van der Waals surface area (Å²) in [6, 6.07) is 5.44. The van der Waals surface area contributed by atoms with Crippen molar-refractivity contribution >= 4 is 46.3 Å². The van der Waals surface area contributed by atoms with Crippen LogP contribution in [-0.4, -0.2) is 101 Å². The number of nitrogen functional groups attached to an aromatic ring is 1. The number of nitrogens with zero attached hydrogens (tertiary/aromatic N) is 5. The van der Waals surface area contributed by atoms with Crippen LogP contribution in [0.25, 0.3) is 0 Å². The topological polar surface area (TPSA) is 117 Å². The number of halogens is 1. The van der Waals surface area contributed by atoms with Gasteiger partial charge in [-0.1, -0.05) is 11.6 Å². The van der Waals surface area contributed by atoms with Gasteiger partial charge in [-0.05, 0) is 25.2 Å². The first-order chi connectivity index (χ1) is 15.9. The second-order valence-electron chi connectivity index (χ2n) is 8.28. The number of carbonyl (C=O) groups excluding carboxylic acids is 1. The zero-order chi connectivity index (χ0) is 23.4. The number of likely N-dealkylation sites (N-methyl/N-ethyl adjacent to an activating group) is 1. The van der Waals surface area contributed by atoms with Crippen molar-refractivity contribution in [3.63, 3.8) is 0 Å². The maximum Gasteiger partial charge on any atom is 0.292 e. The summed E-state index contributed by atoms with van der Waals surface area (Å²) >= 11 is 5.31. The van der Waals surface area contributed by atoms with E-state index in [1.807, 2.05) is 12.1 Å². The SMILES string of the molecule is CN1CCN(CC[S+]([O-])N2CCN(c3ccc(Cl)c(NC(=O)c4coc(N)n4)c3)CC2)CC1. The van der Waals surface area contributed by atoms with Gasteiger partial charge in [-0.2, -0.15) is 4.98 Å². The van der Waals surface area contributed by atoms with Crippen LogP contribution in [0.1, 0.15) is 10.5 Å². The molecule has 180 valence electrons. The Morgan fingerprint density at radius 3 is 2.61 bits per heavy atom. The van der Waals surface area contributed by atoms with Gasteiger partial charge in [-0.3, -0.25) is 9.69 Å². The van der Waals surface area contributed by atoms with Crippen LogP contribution in [0.2, 0.25) is 5.02 Å². The van der Waals surface area contributed by atoms with Gasteiger partial charge in [-0.15, -0.1) is 4.31 Å². The number of hydrogen-bond acceptors (Lipinski definition) is 9. The summed E-state index contributed by atoms with van der Waals surface area (Å²) in [5, 5.41) is 3.18. The summed E-state index contributed by atoms with van der Waals surface area (Å²) < 4.78 is 19.7. The molecule has 0 saturated carbocycles. The van der Waals surface area contributed by atoms with Crippen LogP contribution in [0.3, 0.4) is 0 Å². The smallest absolute Gasteiger partial charge is 0.292 e. The van der Waals surface area contributed by atoms with Crippen LogP contribution in [-0.2, 0) is 11.4 Å². The van der Waals surface area contributed by atoms with E-state index in [2.05, 4.69) is 36.4 Å². The van der Waals surface area contributed by atoms with Gasteiger partial charge in [0.1, 0.15) is 12.0 Å². The third kappa shape index (κ3) is 6.31. The molecule has 1 aromatic heterocycles. The molecule has 0 bridgehead atoms. The number of amides is 1. The second kappa shape index (κ2) is 10.9. The highest BCUT2D eigenvalue weighted by molar-refractivity contribution is 7.89. The Hall–Kier alpha value is -2.02. The Morgan fingerprint density at radius 1 is 1.21 bits per heavy atom.